The molecule has 0 aliphatic heterocycles. The molecule has 2 rings (SSSR count). The predicted molar refractivity (Wildman–Crippen MR) is 70.5 cm³/mol. The van der Waals surface area contributed by atoms with Gasteiger partial charge in [-0.15, -0.1) is 0 Å². The van der Waals surface area contributed by atoms with Gasteiger partial charge in [0.15, 0.2) is 0 Å². The summed E-state index contributed by atoms with van der Waals surface area (Å²) in [7, 11) is 0. The summed E-state index contributed by atoms with van der Waals surface area (Å²) in [6, 6.07) is 15.4. The van der Waals surface area contributed by atoms with Gasteiger partial charge < -0.3 is 5.73 Å². The number of nitrogens with two attached hydrogens (primary N) is 1. The summed E-state index contributed by atoms with van der Waals surface area (Å²) in [6.07, 6.45) is 3.21. The number of rotatable bonds is 4. The standard InChI is InChI=1S/C15H19N/c1-2-14(16)11-10-13-8-5-7-12-6-3-4-9-15(12)13/h3-9,14H,2,10-11,16H2,1H3. The molecule has 0 fully saturated rings. The highest BCUT2D eigenvalue weighted by atomic mass is 14.6. The molecule has 1 heteroatoms. The summed E-state index contributed by atoms with van der Waals surface area (Å²) < 4.78 is 0. The smallest absolute Gasteiger partial charge is 0.00393 e. The van der Waals surface area contributed by atoms with Crippen molar-refractivity contribution < 1.29 is 0 Å². The van der Waals surface area contributed by atoms with Crippen LogP contribution >= 0.6 is 0 Å². The van der Waals surface area contributed by atoms with Gasteiger partial charge in [0, 0.05) is 6.04 Å². The van der Waals surface area contributed by atoms with Crippen LogP contribution in [0.1, 0.15) is 25.3 Å². The first-order valence-electron chi connectivity index (χ1n) is 6.03. The highest BCUT2D eigenvalue weighted by Crippen LogP contribution is 2.20. The maximum atomic E-state index is 5.96. The van der Waals surface area contributed by atoms with Gasteiger partial charge in [-0.1, -0.05) is 49.4 Å². The molecule has 2 aromatic carbocycles. The van der Waals surface area contributed by atoms with Crippen molar-refractivity contribution in [2.45, 2.75) is 32.2 Å². The Balaban J connectivity index is 2.23. The summed E-state index contributed by atoms with van der Waals surface area (Å²) in [5.41, 5.74) is 7.38. The first-order valence-corrected chi connectivity index (χ1v) is 6.03. The molecule has 16 heavy (non-hydrogen) atoms. The van der Waals surface area contributed by atoms with E-state index in [0.717, 1.165) is 19.3 Å². The second-order valence-corrected chi connectivity index (χ2v) is 4.35. The second kappa shape index (κ2) is 5.13. The average molecular weight is 213 g/mol. The molecular formula is C15H19N. The molecule has 0 radical (unpaired) electrons. The van der Waals surface area contributed by atoms with E-state index < -0.39 is 0 Å². The van der Waals surface area contributed by atoms with Gasteiger partial charge in [-0.2, -0.15) is 0 Å². The number of benzene rings is 2. The molecule has 0 heterocycles. The van der Waals surface area contributed by atoms with Crippen molar-refractivity contribution in [3.63, 3.8) is 0 Å². The Morgan fingerprint density at radius 1 is 1.06 bits per heavy atom. The SMILES string of the molecule is CCC(N)CCc1cccc2ccccc12. The zero-order valence-corrected chi connectivity index (χ0v) is 9.82. The third-order valence-corrected chi connectivity index (χ3v) is 3.19. The number of aryl methyl sites for hydroxylation is 1. The molecule has 2 aromatic rings. The molecule has 84 valence electrons. The van der Waals surface area contributed by atoms with Gasteiger partial charge in [0.1, 0.15) is 0 Å². The van der Waals surface area contributed by atoms with Gasteiger partial charge in [0.2, 0.25) is 0 Å². The van der Waals surface area contributed by atoms with Crippen LogP contribution in [0.5, 0.6) is 0 Å². The van der Waals surface area contributed by atoms with Crippen molar-refractivity contribution in [3.05, 3.63) is 48.0 Å². The van der Waals surface area contributed by atoms with Gasteiger partial charge in [-0.25, -0.2) is 0 Å². The zero-order chi connectivity index (χ0) is 11.4. The van der Waals surface area contributed by atoms with Gasteiger partial charge in [0.05, 0.1) is 0 Å². The highest BCUT2D eigenvalue weighted by molar-refractivity contribution is 5.85. The van der Waals surface area contributed by atoms with Gasteiger partial charge in [-0.05, 0) is 35.6 Å². The van der Waals surface area contributed by atoms with Crippen LogP contribution < -0.4 is 5.73 Å². The van der Waals surface area contributed by atoms with Crippen LogP contribution in [-0.4, -0.2) is 6.04 Å². The highest BCUT2D eigenvalue weighted by Gasteiger charge is 2.03. The lowest BCUT2D eigenvalue weighted by atomic mass is 9.98. The van der Waals surface area contributed by atoms with E-state index in [2.05, 4.69) is 49.4 Å². The molecule has 0 aromatic heterocycles. The third-order valence-electron chi connectivity index (χ3n) is 3.19. The number of hydrogen-bond donors (Lipinski definition) is 1. The molecule has 0 aliphatic rings. The summed E-state index contributed by atoms with van der Waals surface area (Å²) in [6.45, 7) is 2.15. The fourth-order valence-electron chi connectivity index (χ4n) is 2.06. The topological polar surface area (TPSA) is 26.0 Å². The molecule has 1 unspecified atom stereocenters. The van der Waals surface area contributed by atoms with E-state index in [1.54, 1.807) is 0 Å². The van der Waals surface area contributed by atoms with Crippen molar-refractivity contribution >= 4 is 10.8 Å². The second-order valence-electron chi connectivity index (χ2n) is 4.35. The van der Waals surface area contributed by atoms with E-state index in [1.165, 1.54) is 16.3 Å². The molecule has 0 saturated heterocycles. The van der Waals surface area contributed by atoms with Crippen molar-refractivity contribution in [1.29, 1.82) is 0 Å². The van der Waals surface area contributed by atoms with Crippen LogP contribution in [0, 0.1) is 0 Å². The predicted octanol–water partition coefficient (Wildman–Crippen LogP) is 3.51. The summed E-state index contributed by atoms with van der Waals surface area (Å²) in [5.74, 6) is 0. The largest absolute Gasteiger partial charge is 0.328 e. The van der Waals surface area contributed by atoms with E-state index in [1.807, 2.05) is 0 Å². The van der Waals surface area contributed by atoms with E-state index in [-0.39, 0.29) is 0 Å². The lowest BCUT2D eigenvalue weighted by molar-refractivity contribution is 0.597. The van der Waals surface area contributed by atoms with E-state index in [0.29, 0.717) is 6.04 Å². The molecule has 0 bridgehead atoms. The van der Waals surface area contributed by atoms with Crippen LogP contribution in [0.15, 0.2) is 42.5 Å². The minimum absolute atomic E-state index is 0.332. The summed E-state index contributed by atoms with van der Waals surface area (Å²) in [4.78, 5) is 0. The van der Waals surface area contributed by atoms with Crippen LogP contribution in [0.25, 0.3) is 10.8 Å². The first kappa shape index (κ1) is 11.2. The number of hydrogen-bond acceptors (Lipinski definition) is 1. The Kier molecular flexibility index (Phi) is 3.58. The molecule has 1 nitrogen and oxygen atoms in total. The maximum Gasteiger partial charge on any atom is 0.00393 e. The van der Waals surface area contributed by atoms with Gasteiger partial charge >= 0.3 is 0 Å². The molecule has 0 saturated carbocycles. The lowest BCUT2D eigenvalue weighted by Gasteiger charge is -2.10. The minimum Gasteiger partial charge on any atom is -0.328 e. The zero-order valence-electron chi connectivity index (χ0n) is 9.82. The van der Waals surface area contributed by atoms with Gasteiger partial charge in [0.25, 0.3) is 0 Å². The number of fused-ring (bicyclic) bond motifs is 1. The molecule has 0 aliphatic carbocycles. The third kappa shape index (κ3) is 2.42. The van der Waals surface area contributed by atoms with Crippen molar-refractivity contribution in [2.24, 2.45) is 5.73 Å². The molecule has 0 amide bonds. The van der Waals surface area contributed by atoms with Crippen LogP contribution in [0.3, 0.4) is 0 Å². The molecule has 2 N–H and O–H groups in total. The molecule has 0 spiro atoms. The Morgan fingerprint density at radius 2 is 1.81 bits per heavy atom. The maximum absolute atomic E-state index is 5.96. The van der Waals surface area contributed by atoms with Crippen LogP contribution in [-0.2, 0) is 6.42 Å². The van der Waals surface area contributed by atoms with Crippen LogP contribution in [0.4, 0.5) is 0 Å². The van der Waals surface area contributed by atoms with Crippen molar-refractivity contribution in [1.82, 2.24) is 0 Å². The Morgan fingerprint density at radius 3 is 2.62 bits per heavy atom. The van der Waals surface area contributed by atoms with Crippen LogP contribution in [0.2, 0.25) is 0 Å². The summed E-state index contributed by atoms with van der Waals surface area (Å²) in [5, 5.41) is 2.69. The Labute approximate surface area is 97.3 Å². The Hall–Kier alpha value is -1.34. The molecular weight excluding hydrogens is 194 g/mol. The Bertz CT molecular complexity index is 456. The fraction of sp³-hybridized carbons (Fsp3) is 0.333. The van der Waals surface area contributed by atoms with E-state index in [9.17, 15) is 0 Å². The summed E-state index contributed by atoms with van der Waals surface area (Å²) >= 11 is 0. The van der Waals surface area contributed by atoms with E-state index >= 15 is 0 Å². The normalized spacial score (nSPS) is 12.9. The van der Waals surface area contributed by atoms with Gasteiger partial charge in [-0.3, -0.25) is 0 Å². The fourth-order valence-corrected chi connectivity index (χ4v) is 2.06. The quantitative estimate of drug-likeness (QED) is 0.826. The first-order chi connectivity index (χ1) is 7.81. The van der Waals surface area contributed by atoms with Crippen molar-refractivity contribution in [3.8, 4) is 0 Å². The minimum atomic E-state index is 0.332. The monoisotopic (exact) mass is 213 g/mol. The van der Waals surface area contributed by atoms with Crippen molar-refractivity contribution in [2.75, 3.05) is 0 Å². The lowest BCUT2D eigenvalue weighted by Crippen LogP contribution is -2.19. The molecule has 1 atom stereocenters. The van der Waals surface area contributed by atoms with E-state index in [4.69, 9.17) is 5.73 Å². The average Bonchev–Trinajstić information content (AvgIpc) is 2.35.